The summed E-state index contributed by atoms with van der Waals surface area (Å²) >= 11 is 7.24. The Hall–Kier alpha value is -2.71. The zero-order valence-electron chi connectivity index (χ0n) is 22.5. The molecule has 39 heavy (non-hydrogen) atoms. The second-order valence-corrected chi connectivity index (χ2v) is 12.2. The van der Waals surface area contributed by atoms with E-state index in [1.807, 2.05) is 44.2 Å². The minimum Gasteiger partial charge on any atom is -0.482 e. The number of aryl methyl sites for hydroxylation is 2. The van der Waals surface area contributed by atoms with E-state index in [1.165, 1.54) is 0 Å². The first-order chi connectivity index (χ1) is 18.7. The standard InChI is InChI=1S/C31H32Br2N2O4/c1-4-35-23-7-5-9-25(36)29(23)28(30-24(35)8-6-10-26(30)37)21-14-19(32)15-22(33)31(21)39-16-27(38)34-20-12-11-17(2)18(3)13-20/h11-15,28H,4-10,16H2,1-3H3,(H,34,38). The Morgan fingerprint density at radius 3 is 2.18 bits per heavy atom. The van der Waals surface area contributed by atoms with Crippen LogP contribution < -0.4 is 10.1 Å². The van der Waals surface area contributed by atoms with Crippen LogP contribution in [0.15, 0.2) is 61.8 Å². The molecule has 2 aliphatic carbocycles. The fourth-order valence-electron chi connectivity index (χ4n) is 6.01. The van der Waals surface area contributed by atoms with Crippen molar-refractivity contribution >= 4 is 55.0 Å². The van der Waals surface area contributed by atoms with Gasteiger partial charge in [0.25, 0.3) is 5.91 Å². The van der Waals surface area contributed by atoms with Gasteiger partial charge in [0.2, 0.25) is 0 Å². The molecule has 1 heterocycles. The molecule has 2 aromatic rings. The summed E-state index contributed by atoms with van der Waals surface area (Å²) in [5, 5.41) is 2.91. The van der Waals surface area contributed by atoms with E-state index in [0.29, 0.717) is 39.9 Å². The summed E-state index contributed by atoms with van der Waals surface area (Å²) in [4.78, 5) is 42.1. The van der Waals surface area contributed by atoms with E-state index in [0.717, 1.165) is 64.8 Å². The van der Waals surface area contributed by atoms with Crippen molar-refractivity contribution < 1.29 is 19.1 Å². The molecule has 0 spiro atoms. The number of allylic oxidation sites excluding steroid dienone is 4. The van der Waals surface area contributed by atoms with Gasteiger partial charge in [-0.15, -0.1) is 0 Å². The molecule has 0 radical (unpaired) electrons. The van der Waals surface area contributed by atoms with Crippen LogP contribution in [0.25, 0.3) is 0 Å². The van der Waals surface area contributed by atoms with Crippen molar-refractivity contribution in [2.75, 3.05) is 18.5 Å². The lowest BCUT2D eigenvalue weighted by molar-refractivity contribution is -0.119. The SMILES string of the molecule is CCN1C2=C(C(=O)CCC2)C(c2cc(Br)cc(Br)c2OCC(=O)Nc2ccc(C)c(C)c2)C2=C1CCCC2=O. The number of ketones is 2. The third-order valence-electron chi connectivity index (χ3n) is 7.89. The molecular formula is C31H32Br2N2O4. The Morgan fingerprint density at radius 2 is 1.59 bits per heavy atom. The van der Waals surface area contributed by atoms with Gasteiger partial charge < -0.3 is 15.0 Å². The molecule has 3 aliphatic rings. The van der Waals surface area contributed by atoms with Crippen molar-refractivity contribution in [2.24, 2.45) is 0 Å². The molecule has 2 aromatic carbocycles. The van der Waals surface area contributed by atoms with Gasteiger partial charge in [-0.2, -0.15) is 0 Å². The van der Waals surface area contributed by atoms with Gasteiger partial charge in [0.15, 0.2) is 18.2 Å². The van der Waals surface area contributed by atoms with E-state index in [4.69, 9.17) is 4.74 Å². The number of halogens is 2. The first kappa shape index (κ1) is 27.8. The van der Waals surface area contributed by atoms with E-state index in [2.05, 4.69) is 49.0 Å². The number of Topliss-reactive ketones (excluding diaryl/α,β-unsaturated/α-hetero) is 2. The van der Waals surface area contributed by atoms with Gasteiger partial charge in [0, 0.05) is 63.6 Å². The highest BCUT2D eigenvalue weighted by molar-refractivity contribution is 9.11. The molecule has 0 unspecified atom stereocenters. The molecule has 0 saturated carbocycles. The van der Waals surface area contributed by atoms with Crippen LogP contribution in [0.5, 0.6) is 5.75 Å². The summed E-state index contributed by atoms with van der Waals surface area (Å²) in [5.41, 5.74) is 7.13. The minimum absolute atomic E-state index is 0.0826. The van der Waals surface area contributed by atoms with E-state index in [1.54, 1.807) is 0 Å². The van der Waals surface area contributed by atoms with Gasteiger partial charge in [-0.05, 0) is 97.8 Å². The van der Waals surface area contributed by atoms with Crippen LogP contribution in [-0.2, 0) is 14.4 Å². The quantitative estimate of drug-likeness (QED) is 0.354. The Morgan fingerprint density at radius 1 is 0.949 bits per heavy atom. The monoisotopic (exact) mass is 654 g/mol. The number of nitrogens with zero attached hydrogens (tertiary/aromatic N) is 1. The fourth-order valence-corrected chi connectivity index (χ4v) is 7.38. The zero-order chi connectivity index (χ0) is 27.8. The van der Waals surface area contributed by atoms with E-state index in [-0.39, 0.29) is 24.1 Å². The van der Waals surface area contributed by atoms with Crippen LogP contribution in [0.1, 0.15) is 68.1 Å². The van der Waals surface area contributed by atoms with Crippen LogP contribution in [0.3, 0.4) is 0 Å². The third-order valence-corrected chi connectivity index (χ3v) is 8.94. The third kappa shape index (κ3) is 5.38. The number of benzene rings is 2. The molecule has 8 heteroatoms. The van der Waals surface area contributed by atoms with Crippen LogP contribution in [-0.4, -0.2) is 35.5 Å². The first-order valence-electron chi connectivity index (χ1n) is 13.5. The van der Waals surface area contributed by atoms with E-state index >= 15 is 0 Å². The highest BCUT2D eigenvalue weighted by Gasteiger charge is 2.44. The summed E-state index contributed by atoms with van der Waals surface area (Å²) in [6.45, 7) is 6.61. The summed E-state index contributed by atoms with van der Waals surface area (Å²) in [7, 11) is 0. The van der Waals surface area contributed by atoms with E-state index < -0.39 is 5.92 Å². The maximum atomic E-state index is 13.5. The number of ether oxygens (including phenoxy) is 1. The van der Waals surface area contributed by atoms with Gasteiger partial charge in [-0.1, -0.05) is 22.0 Å². The molecule has 1 N–H and O–H groups in total. The Labute approximate surface area is 246 Å². The molecule has 1 aliphatic heterocycles. The van der Waals surface area contributed by atoms with Crippen LogP contribution in [0.4, 0.5) is 5.69 Å². The average Bonchev–Trinajstić information content (AvgIpc) is 2.89. The van der Waals surface area contributed by atoms with Crippen LogP contribution >= 0.6 is 31.9 Å². The number of hydrogen-bond donors (Lipinski definition) is 1. The zero-order valence-corrected chi connectivity index (χ0v) is 25.6. The summed E-state index contributed by atoms with van der Waals surface area (Å²) in [6.07, 6.45) is 4.16. The maximum absolute atomic E-state index is 13.5. The van der Waals surface area contributed by atoms with Crippen molar-refractivity contribution in [3.05, 3.63) is 78.5 Å². The summed E-state index contributed by atoms with van der Waals surface area (Å²) in [5.74, 6) is -0.177. The summed E-state index contributed by atoms with van der Waals surface area (Å²) < 4.78 is 7.63. The van der Waals surface area contributed by atoms with Crippen LogP contribution in [0.2, 0.25) is 0 Å². The normalized spacial score (nSPS) is 17.8. The van der Waals surface area contributed by atoms with Gasteiger partial charge in [-0.25, -0.2) is 0 Å². The highest BCUT2D eigenvalue weighted by atomic mass is 79.9. The number of carbonyl (C=O) groups is 3. The van der Waals surface area contributed by atoms with Crippen LogP contribution in [0, 0.1) is 13.8 Å². The Kier molecular flexibility index (Phi) is 8.15. The van der Waals surface area contributed by atoms with Gasteiger partial charge >= 0.3 is 0 Å². The molecule has 0 fully saturated rings. The Bertz CT molecular complexity index is 1400. The summed E-state index contributed by atoms with van der Waals surface area (Å²) in [6, 6.07) is 9.55. The topological polar surface area (TPSA) is 75.7 Å². The number of carbonyl (C=O) groups excluding carboxylic acids is 3. The highest BCUT2D eigenvalue weighted by Crippen LogP contribution is 2.52. The van der Waals surface area contributed by atoms with Crippen molar-refractivity contribution in [2.45, 2.75) is 65.2 Å². The molecule has 0 bridgehead atoms. The van der Waals surface area contributed by atoms with Gasteiger partial charge in [0.1, 0.15) is 5.75 Å². The molecule has 0 aromatic heterocycles. The lowest BCUT2D eigenvalue weighted by Gasteiger charge is -2.43. The van der Waals surface area contributed by atoms with Crippen molar-refractivity contribution in [1.82, 2.24) is 4.90 Å². The molecule has 0 atom stereocenters. The average molecular weight is 656 g/mol. The predicted molar refractivity (Wildman–Crippen MR) is 159 cm³/mol. The van der Waals surface area contributed by atoms with Crippen molar-refractivity contribution in [3.8, 4) is 5.75 Å². The molecule has 1 amide bonds. The molecule has 204 valence electrons. The fraction of sp³-hybridized carbons (Fsp3) is 0.387. The number of nitrogens with one attached hydrogen (secondary N) is 1. The van der Waals surface area contributed by atoms with E-state index in [9.17, 15) is 14.4 Å². The molecule has 6 nitrogen and oxygen atoms in total. The molecule has 0 saturated heterocycles. The molecule has 5 rings (SSSR count). The number of amides is 1. The predicted octanol–water partition coefficient (Wildman–Crippen LogP) is 7.28. The number of rotatable bonds is 6. The molecular weight excluding hydrogens is 624 g/mol. The van der Waals surface area contributed by atoms with Gasteiger partial charge in [0.05, 0.1) is 4.47 Å². The number of anilines is 1. The maximum Gasteiger partial charge on any atom is 0.262 e. The second kappa shape index (κ2) is 11.4. The lowest BCUT2D eigenvalue weighted by Crippen LogP contribution is -2.39. The van der Waals surface area contributed by atoms with Gasteiger partial charge in [-0.3, -0.25) is 14.4 Å². The smallest absolute Gasteiger partial charge is 0.262 e. The lowest BCUT2D eigenvalue weighted by atomic mass is 9.70. The second-order valence-electron chi connectivity index (χ2n) is 10.4. The first-order valence-corrected chi connectivity index (χ1v) is 15.1. The van der Waals surface area contributed by atoms with Crippen molar-refractivity contribution in [1.29, 1.82) is 0 Å². The Balaban J connectivity index is 1.55. The minimum atomic E-state index is -0.523. The van der Waals surface area contributed by atoms with Crippen molar-refractivity contribution in [3.63, 3.8) is 0 Å². The number of hydrogen-bond acceptors (Lipinski definition) is 5. The largest absolute Gasteiger partial charge is 0.482 e.